The summed E-state index contributed by atoms with van der Waals surface area (Å²) in [5.74, 6) is 0.0216. The van der Waals surface area contributed by atoms with E-state index in [1.54, 1.807) is 4.90 Å². The van der Waals surface area contributed by atoms with Crippen molar-refractivity contribution in [3.8, 4) is 6.07 Å². The number of amides is 1. The Labute approximate surface area is 90.8 Å². The van der Waals surface area contributed by atoms with Crippen molar-refractivity contribution in [2.24, 2.45) is 5.92 Å². The summed E-state index contributed by atoms with van der Waals surface area (Å²) in [5.41, 5.74) is 0. The lowest BCUT2D eigenvalue weighted by Gasteiger charge is -2.23. The van der Waals surface area contributed by atoms with Crippen LogP contribution in [0.1, 0.15) is 26.7 Å². The van der Waals surface area contributed by atoms with Crippen LogP contribution in [-0.2, 0) is 9.53 Å². The molecule has 0 aromatic rings. The third-order valence-corrected chi connectivity index (χ3v) is 2.76. The second kappa shape index (κ2) is 5.72. The van der Waals surface area contributed by atoms with Crippen LogP contribution in [0.2, 0.25) is 0 Å². The minimum atomic E-state index is -0.0510. The molecule has 2 atom stereocenters. The van der Waals surface area contributed by atoms with Crippen molar-refractivity contribution in [1.82, 2.24) is 4.90 Å². The number of carbonyl (C=O) groups excluding carboxylic acids is 1. The van der Waals surface area contributed by atoms with E-state index in [9.17, 15) is 4.79 Å². The van der Waals surface area contributed by atoms with Crippen molar-refractivity contribution >= 4 is 5.91 Å². The number of hydrogen-bond acceptors (Lipinski definition) is 3. The molecular formula is C11H18N2O2. The van der Waals surface area contributed by atoms with Gasteiger partial charge in [-0.2, -0.15) is 5.26 Å². The molecule has 84 valence electrons. The molecule has 0 aromatic carbocycles. The fourth-order valence-corrected chi connectivity index (χ4v) is 1.91. The van der Waals surface area contributed by atoms with Crippen LogP contribution in [0, 0.1) is 17.2 Å². The van der Waals surface area contributed by atoms with Crippen molar-refractivity contribution in [3.05, 3.63) is 0 Å². The van der Waals surface area contributed by atoms with Gasteiger partial charge in [-0.15, -0.1) is 0 Å². The van der Waals surface area contributed by atoms with E-state index < -0.39 is 0 Å². The first-order valence-electron chi connectivity index (χ1n) is 5.48. The molecule has 0 radical (unpaired) electrons. The van der Waals surface area contributed by atoms with Gasteiger partial charge in [-0.05, 0) is 19.8 Å². The van der Waals surface area contributed by atoms with Gasteiger partial charge >= 0.3 is 0 Å². The topological polar surface area (TPSA) is 53.3 Å². The molecule has 1 amide bonds. The highest BCUT2D eigenvalue weighted by atomic mass is 16.5. The molecule has 1 aliphatic rings. The summed E-state index contributed by atoms with van der Waals surface area (Å²) < 4.78 is 5.36. The van der Waals surface area contributed by atoms with Crippen molar-refractivity contribution in [2.75, 3.05) is 19.7 Å². The van der Waals surface area contributed by atoms with E-state index in [1.165, 1.54) is 0 Å². The lowest BCUT2D eigenvalue weighted by atomic mass is 10.0. The maximum atomic E-state index is 12.0. The van der Waals surface area contributed by atoms with Crippen molar-refractivity contribution in [1.29, 1.82) is 5.26 Å². The monoisotopic (exact) mass is 210 g/mol. The van der Waals surface area contributed by atoms with Gasteiger partial charge in [0.2, 0.25) is 5.91 Å². The number of nitrogens with zero attached hydrogens (tertiary/aromatic N) is 2. The van der Waals surface area contributed by atoms with E-state index in [-0.39, 0.29) is 24.5 Å². The van der Waals surface area contributed by atoms with Crippen LogP contribution in [0.25, 0.3) is 0 Å². The Kier molecular flexibility index (Phi) is 4.57. The molecule has 15 heavy (non-hydrogen) atoms. The molecule has 4 heteroatoms. The molecule has 0 N–H and O–H groups in total. The second-order valence-electron chi connectivity index (χ2n) is 3.89. The van der Waals surface area contributed by atoms with Crippen LogP contribution in [-0.4, -0.2) is 36.6 Å². The van der Waals surface area contributed by atoms with Gasteiger partial charge in [-0.3, -0.25) is 4.79 Å². The van der Waals surface area contributed by atoms with E-state index in [0.717, 1.165) is 12.8 Å². The average molecular weight is 210 g/mol. The van der Waals surface area contributed by atoms with E-state index in [2.05, 4.69) is 0 Å². The molecular weight excluding hydrogens is 192 g/mol. The fraction of sp³-hybridized carbons (Fsp3) is 0.818. The summed E-state index contributed by atoms with van der Waals surface area (Å²) in [4.78, 5) is 13.7. The number of ether oxygens (including phenoxy) is 1. The molecule has 2 unspecified atom stereocenters. The maximum Gasteiger partial charge on any atom is 0.229 e. The van der Waals surface area contributed by atoms with Crippen LogP contribution in [0.5, 0.6) is 0 Å². The van der Waals surface area contributed by atoms with E-state index in [4.69, 9.17) is 10.00 Å². The minimum absolute atomic E-state index is 0.00412. The summed E-state index contributed by atoms with van der Waals surface area (Å²) >= 11 is 0. The largest absolute Gasteiger partial charge is 0.378 e. The molecule has 1 saturated heterocycles. The van der Waals surface area contributed by atoms with Gasteiger partial charge in [0.05, 0.1) is 18.1 Å². The highest BCUT2D eigenvalue weighted by molar-refractivity contribution is 5.79. The molecule has 0 bridgehead atoms. The first kappa shape index (κ1) is 12.0. The smallest absolute Gasteiger partial charge is 0.229 e. The van der Waals surface area contributed by atoms with Crippen LogP contribution >= 0.6 is 0 Å². The minimum Gasteiger partial charge on any atom is -0.378 e. The van der Waals surface area contributed by atoms with Gasteiger partial charge < -0.3 is 9.64 Å². The first-order valence-corrected chi connectivity index (χ1v) is 5.48. The number of nitriles is 1. The van der Waals surface area contributed by atoms with Crippen molar-refractivity contribution in [2.45, 2.75) is 32.8 Å². The molecule has 1 fully saturated rings. The summed E-state index contributed by atoms with van der Waals surface area (Å²) in [6.45, 7) is 5.44. The highest BCUT2D eigenvalue weighted by Crippen LogP contribution is 2.22. The Bertz CT molecular complexity index is 260. The SMILES string of the molecule is CCCN(CC#N)C(=O)C1CCOC1C. The molecule has 0 aliphatic carbocycles. The molecule has 1 rings (SSSR count). The lowest BCUT2D eigenvalue weighted by Crippen LogP contribution is -2.39. The highest BCUT2D eigenvalue weighted by Gasteiger charge is 2.33. The average Bonchev–Trinajstić information content (AvgIpc) is 2.63. The van der Waals surface area contributed by atoms with Gasteiger partial charge in [0.15, 0.2) is 0 Å². The Morgan fingerprint density at radius 1 is 1.67 bits per heavy atom. The fourth-order valence-electron chi connectivity index (χ4n) is 1.91. The standard InChI is InChI=1S/C11H18N2O2/c1-3-6-13(7-5-12)11(14)10-4-8-15-9(10)2/h9-10H,3-4,6-8H2,1-2H3. The first-order chi connectivity index (χ1) is 7.20. The molecule has 1 heterocycles. The second-order valence-corrected chi connectivity index (χ2v) is 3.89. The van der Waals surface area contributed by atoms with Gasteiger partial charge in [0.1, 0.15) is 6.54 Å². The summed E-state index contributed by atoms with van der Waals surface area (Å²) in [6, 6.07) is 2.04. The van der Waals surface area contributed by atoms with Crippen LogP contribution < -0.4 is 0 Å². The van der Waals surface area contributed by atoms with Gasteiger partial charge in [0.25, 0.3) is 0 Å². The third-order valence-electron chi connectivity index (χ3n) is 2.76. The maximum absolute atomic E-state index is 12.0. The molecule has 0 spiro atoms. The van der Waals surface area contributed by atoms with E-state index >= 15 is 0 Å². The van der Waals surface area contributed by atoms with E-state index in [0.29, 0.717) is 13.2 Å². The van der Waals surface area contributed by atoms with E-state index in [1.807, 2.05) is 19.9 Å². The Balaban J connectivity index is 2.58. The number of rotatable bonds is 4. The third kappa shape index (κ3) is 2.93. The molecule has 1 aliphatic heterocycles. The quantitative estimate of drug-likeness (QED) is 0.654. The Morgan fingerprint density at radius 3 is 2.87 bits per heavy atom. The molecule has 0 saturated carbocycles. The lowest BCUT2D eigenvalue weighted by molar-refractivity contribution is -0.136. The zero-order chi connectivity index (χ0) is 11.3. The zero-order valence-electron chi connectivity index (χ0n) is 9.40. The van der Waals surface area contributed by atoms with Crippen LogP contribution in [0.3, 0.4) is 0 Å². The number of hydrogen-bond donors (Lipinski definition) is 0. The number of carbonyl (C=O) groups is 1. The van der Waals surface area contributed by atoms with Gasteiger partial charge in [-0.25, -0.2) is 0 Å². The van der Waals surface area contributed by atoms with Crippen molar-refractivity contribution in [3.63, 3.8) is 0 Å². The zero-order valence-corrected chi connectivity index (χ0v) is 9.40. The van der Waals surface area contributed by atoms with Crippen LogP contribution in [0.15, 0.2) is 0 Å². The summed E-state index contributed by atoms with van der Waals surface area (Å²) in [5, 5.41) is 8.65. The summed E-state index contributed by atoms with van der Waals surface area (Å²) in [7, 11) is 0. The summed E-state index contributed by atoms with van der Waals surface area (Å²) in [6.07, 6.45) is 1.66. The predicted molar refractivity (Wildman–Crippen MR) is 56.0 cm³/mol. The van der Waals surface area contributed by atoms with Crippen LogP contribution in [0.4, 0.5) is 0 Å². The van der Waals surface area contributed by atoms with Crippen molar-refractivity contribution < 1.29 is 9.53 Å². The molecule has 0 aromatic heterocycles. The Hall–Kier alpha value is -1.08. The van der Waals surface area contributed by atoms with Gasteiger partial charge in [0, 0.05) is 13.2 Å². The predicted octanol–water partition coefficient (Wildman–Crippen LogP) is 1.17. The van der Waals surface area contributed by atoms with Gasteiger partial charge in [-0.1, -0.05) is 6.92 Å². The molecule has 4 nitrogen and oxygen atoms in total. The Morgan fingerprint density at radius 2 is 2.40 bits per heavy atom. The normalized spacial score (nSPS) is 24.9.